The third kappa shape index (κ3) is 4.07. The first kappa shape index (κ1) is 18.0. The molecular formula is C17H25N3O4S. The lowest BCUT2D eigenvalue weighted by atomic mass is 10.1. The van der Waals surface area contributed by atoms with Crippen molar-refractivity contribution in [1.82, 2.24) is 9.62 Å². The number of carbonyl (C=O) groups is 1. The SMILES string of the molecule is CCCNC(=O)CC1COc2ccc(S(=O)(=O)N3CCCC3)cc2N1. The fourth-order valence-corrected chi connectivity index (χ4v) is 4.65. The Kier molecular flexibility index (Phi) is 5.48. The van der Waals surface area contributed by atoms with E-state index in [4.69, 9.17) is 4.74 Å². The van der Waals surface area contributed by atoms with Crippen LogP contribution in [-0.4, -0.2) is 50.9 Å². The molecule has 7 nitrogen and oxygen atoms in total. The first-order valence-corrected chi connectivity index (χ1v) is 10.2. The van der Waals surface area contributed by atoms with Gasteiger partial charge in [-0.2, -0.15) is 4.31 Å². The van der Waals surface area contributed by atoms with Crippen LogP contribution in [0.25, 0.3) is 0 Å². The van der Waals surface area contributed by atoms with Gasteiger partial charge in [0.2, 0.25) is 15.9 Å². The minimum Gasteiger partial charge on any atom is -0.489 e. The number of rotatable bonds is 6. The van der Waals surface area contributed by atoms with E-state index in [1.54, 1.807) is 18.2 Å². The van der Waals surface area contributed by atoms with Gasteiger partial charge in [0, 0.05) is 19.6 Å². The molecule has 0 aromatic heterocycles. The molecule has 2 aliphatic heterocycles. The number of carbonyl (C=O) groups excluding carboxylic acids is 1. The maximum Gasteiger partial charge on any atom is 0.243 e. The Morgan fingerprint density at radius 2 is 2.12 bits per heavy atom. The van der Waals surface area contributed by atoms with Crippen molar-refractivity contribution in [1.29, 1.82) is 0 Å². The quantitative estimate of drug-likeness (QED) is 0.797. The molecule has 1 aromatic rings. The number of amides is 1. The third-order valence-corrected chi connectivity index (χ3v) is 6.35. The van der Waals surface area contributed by atoms with Gasteiger partial charge in [-0.25, -0.2) is 8.42 Å². The van der Waals surface area contributed by atoms with Gasteiger partial charge in [0.05, 0.1) is 23.0 Å². The van der Waals surface area contributed by atoms with Crippen molar-refractivity contribution in [3.05, 3.63) is 18.2 Å². The lowest BCUT2D eigenvalue weighted by Crippen LogP contribution is -2.37. The smallest absolute Gasteiger partial charge is 0.243 e. The molecule has 25 heavy (non-hydrogen) atoms. The number of ether oxygens (including phenoxy) is 1. The molecule has 2 heterocycles. The highest BCUT2D eigenvalue weighted by Gasteiger charge is 2.29. The number of anilines is 1. The van der Waals surface area contributed by atoms with Crippen LogP contribution in [0.3, 0.4) is 0 Å². The van der Waals surface area contributed by atoms with Crippen LogP contribution >= 0.6 is 0 Å². The molecule has 0 bridgehead atoms. The number of sulfonamides is 1. The zero-order valence-corrected chi connectivity index (χ0v) is 15.3. The Balaban J connectivity index is 1.72. The van der Waals surface area contributed by atoms with E-state index in [1.807, 2.05) is 6.92 Å². The van der Waals surface area contributed by atoms with Gasteiger partial charge < -0.3 is 15.4 Å². The zero-order chi connectivity index (χ0) is 17.9. The second kappa shape index (κ2) is 7.61. The van der Waals surface area contributed by atoms with E-state index in [2.05, 4.69) is 10.6 Å². The number of nitrogens with one attached hydrogen (secondary N) is 2. The van der Waals surface area contributed by atoms with Crippen molar-refractivity contribution >= 4 is 21.6 Å². The Morgan fingerprint density at radius 3 is 2.84 bits per heavy atom. The fraction of sp³-hybridized carbons (Fsp3) is 0.588. The zero-order valence-electron chi connectivity index (χ0n) is 14.5. The minimum atomic E-state index is -3.47. The second-order valence-electron chi connectivity index (χ2n) is 6.48. The standard InChI is InChI=1S/C17H25N3O4S/c1-2-7-18-17(21)10-13-12-24-16-6-5-14(11-15(16)19-13)25(22,23)20-8-3-4-9-20/h5-6,11,13,19H,2-4,7-10,12H2,1H3,(H,18,21). The largest absolute Gasteiger partial charge is 0.489 e. The van der Waals surface area contributed by atoms with Gasteiger partial charge in [0.1, 0.15) is 12.4 Å². The first-order chi connectivity index (χ1) is 12.0. The predicted octanol–water partition coefficient (Wildman–Crippen LogP) is 1.56. The van der Waals surface area contributed by atoms with Crippen molar-refractivity contribution in [3.8, 4) is 5.75 Å². The van der Waals surface area contributed by atoms with Crippen molar-refractivity contribution in [2.45, 2.75) is 43.5 Å². The molecule has 138 valence electrons. The fourth-order valence-electron chi connectivity index (χ4n) is 3.11. The first-order valence-electron chi connectivity index (χ1n) is 8.81. The summed E-state index contributed by atoms with van der Waals surface area (Å²) in [5, 5.41) is 6.08. The summed E-state index contributed by atoms with van der Waals surface area (Å²) in [6, 6.07) is 4.70. The number of benzene rings is 1. The summed E-state index contributed by atoms with van der Waals surface area (Å²) >= 11 is 0. The van der Waals surface area contributed by atoms with Gasteiger partial charge in [-0.1, -0.05) is 6.92 Å². The Labute approximate surface area is 148 Å². The van der Waals surface area contributed by atoms with Crippen LogP contribution in [0.2, 0.25) is 0 Å². The Bertz CT molecular complexity index is 729. The molecule has 1 unspecified atom stereocenters. The summed E-state index contributed by atoms with van der Waals surface area (Å²) < 4.78 is 32.6. The summed E-state index contributed by atoms with van der Waals surface area (Å²) in [4.78, 5) is 12.1. The monoisotopic (exact) mass is 367 g/mol. The minimum absolute atomic E-state index is 0.0350. The molecule has 0 aliphatic carbocycles. The number of fused-ring (bicyclic) bond motifs is 1. The van der Waals surface area contributed by atoms with E-state index >= 15 is 0 Å². The lowest BCUT2D eigenvalue weighted by Gasteiger charge is -2.28. The van der Waals surface area contributed by atoms with Gasteiger partial charge in [0.25, 0.3) is 0 Å². The summed E-state index contributed by atoms with van der Waals surface area (Å²) in [6.45, 7) is 4.18. The van der Waals surface area contributed by atoms with E-state index in [1.165, 1.54) is 4.31 Å². The maximum atomic E-state index is 12.7. The van der Waals surface area contributed by atoms with Gasteiger partial charge >= 0.3 is 0 Å². The number of nitrogens with zero attached hydrogens (tertiary/aromatic N) is 1. The third-order valence-electron chi connectivity index (χ3n) is 4.46. The second-order valence-corrected chi connectivity index (χ2v) is 8.41. The van der Waals surface area contributed by atoms with Crippen molar-refractivity contribution < 1.29 is 17.9 Å². The summed E-state index contributed by atoms with van der Waals surface area (Å²) in [7, 11) is -3.47. The molecule has 8 heteroatoms. The van der Waals surface area contributed by atoms with Crippen molar-refractivity contribution in [2.75, 3.05) is 31.6 Å². The van der Waals surface area contributed by atoms with Crippen LogP contribution < -0.4 is 15.4 Å². The van der Waals surface area contributed by atoms with E-state index in [0.29, 0.717) is 44.1 Å². The number of hydrogen-bond acceptors (Lipinski definition) is 5. The maximum absolute atomic E-state index is 12.7. The van der Waals surface area contributed by atoms with Gasteiger partial charge in [0.15, 0.2) is 0 Å². The molecule has 0 spiro atoms. The summed E-state index contributed by atoms with van der Waals surface area (Å²) in [5.74, 6) is 0.581. The van der Waals surface area contributed by atoms with Crippen LogP contribution in [0.5, 0.6) is 5.75 Å². The van der Waals surface area contributed by atoms with Crippen LogP contribution in [0.15, 0.2) is 23.1 Å². The average molecular weight is 367 g/mol. The predicted molar refractivity (Wildman–Crippen MR) is 95.3 cm³/mol. The van der Waals surface area contributed by atoms with E-state index in [-0.39, 0.29) is 16.8 Å². The summed E-state index contributed by atoms with van der Waals surface area (Å²) in [5.41, 5.74) is 0.625. The molecular weight excluding hydrogens is 342 g/mol. The van der Waals surface area contributed by atoms with Crippen LogP contribution in [0, 0.1) is 0 Å². The van der Waals surface area contributed by atoms with E-state index in [9.17, 15) is 13.2 Å². The molecule has 1 aromatic carbocycles. The van der Waals surface area contributed by atoms with E-state index in [0.717, 1.165) is 19.3 Å². The van der Waals surface area contributed by atoms with Crippen LogP contribution in [0.4, 0.5) is 5.69 Å². The normalized spacial score (nSPS) is 20.4. The Morgan fingerprint density at radius 1 is 1.36 bits per heavy atom. The highest BCUT2D eigenvalue weighted by molar-refractivity contribution is 7.89. The molecule has 2 aliphatic rings. The van der Waals surface area contributed by atoms with Crippen LogP contribution in [0.1, 0.15) is 32.6 Å². The van der Waals surface area contributed by atoms with Crippen molar-refractivity contribution in [3.63, 3.8) is 0 Å². The number of hydrogen-bond donors (Lipinski definition) is 2. The molecule has 0 radical (unpaired) electrons. The molecule has 1 fully saturated rings. The Hall–Kier alpha value is -1.80. The molecule has 1 atom stereocenters. The topological polar surface area (TPSA) is 87.7 Å². The molecule has 0 saturated carbocycles. The lowest BCUT2D eigenvalue weighted by molar-refractivity contribution is -0.121. The van der Waals surface area contributed by atoms with Crippen LogP contribution in [-0.2, 0) is 14.8 Å². The van der Waals surface area contributed by atoms with Gasteiger partial charge in [-0.05, 0) is 37.5 Å². The highest BCUT2D eigenvalue weighted by atomic mass is 32.2. The van der Waals surface area contributed by atoms with Gasteiger partial charge in [-0.3, -0.25) is 4.79 Å². The molecule has 2 N–H and O–H groups in total. The summed E-state index contributed by atoms with van der Waals surface area (Å²) in [6.07, 6.45) is 2.99. The van der Waals surface area contributed by atoms with E-state index < -0.39 is 10.0 Å². The highest BCUT2D eigenvalue weighted by Crippen LogP contribution is 2.33. The van der Waals surface area contributed by atoms with Gasteiger partial charge in [-0.15, -0.1) is 0 Å². The molecule has 1 amide bonds. The molecule has 1 saturated heterocycles. The average Bonchev–Trinajstić information content (AvgIpc) is 3.15. The molecule has 3 rings (SSSR count). The van der Waals surface area contributed by atoms with Crippen molar-refractivity contribution in [2.24, 2.45) is 0 Å².